The molecule has 4 rings (SSSR count). The van der Waals surface area contributed by atoms with Crippen molar-refractivity contribution >= 4 is 35.2 Å². The first-order valence-electron chi connectivity index (χ1n) is 9.53. The molecule has 0 saturated carbocycles. The lowest BCUT2D eigenvalue weighted by molar-refractivity contribution is -0.117. The molecule has 0 spiro atoms. The van der Waals surface area contributed by atoms with E-state index in [1.807, 2.05) is 18.2 Å². The van der Waals surface area contributed by atoms with Gasteiger partial charge >= 0.3 is 0 Å². The van der Waals surface area contributed by atoms with Crippen LogP contribution in [-0.2, 0) is 16.2 Å². The number of carbonyl (C=O) groups is 2. The zero-order chi connectivity index (χ0) is 21.8. The summed E-state index contributed by atoms with van der Waals surface area (Å²) in [5.41, 5.74) is 4.65. The molecule has 6 nitrogen and oxygen atoms in total. The van der Waals surface area contributed by atoms with Crippen LogP contribution >= 0.6 is 11.6 Å². The van der Waals surface area contributed by atoms with E-state index in [0.29, 0.717) is 27.8 Å². The lowest BCUT2D eigenvalue weighted by atomic mass is 10.1. The molecule has 1 heterocycles. The summed E-state index contributed by atoms with van der Waals surface area (Å²) < 4.78 is 11.4. The predicted molar refractivity (Wildman–Crippen MR) is 119 cm³/mol. The maximum absolute atomic E-state index is 12.9. The van der Waals surface area contributed by atoms with Crippen LogP contribution in [0.4, 0.5) is 5.69 Å². The van der Waals surface area contributed by atoms with Gasteiger partial charge in [0.15, 0.2) is 11.5 Å². The van der Waals surface area contributed by atoms with Crippen molar-refractivity contribution in [3.05, 3.63) is 94.5 Å². The van der Waals surface area contributed by atoms with Gasteiger partial charge in [0, 0.05) is 10.6 Å². The number of methoxy groups -OCH3 is 1. The summed E-state index contributed by atoms with van der Waals surface area (Å²) in [6, 6.07) is 21.5. The van der Waals surface area contributed by atoms with Crippen molar-refractivity contribution in [2.24, 2.45) is 0 Å². The number of hydrazine groups is 1. The minimum Gasteiger partial charge on any atom is -0.493 e. The highest BCUT2D eigenvalue weighted by atomic mass is 35.5. The van der Waals surface area contributed by atoms with Crippen LogP contribution in [0.15, 0.2) is 78.4 Å². The summed E-state index contributed by atoms with van der Waals surface area (Å²) in [6.45, 7) is 0.268. The SMILES string of the molecule is COc1cccc(/C=C2/C(=O)NN(c3ccccc3)C2=O)c1OCc1ccc(Cl)cc1. The molecule has 1 fully saturated rings. The summed E-state index contributed by atoms with van der Waals surface area (Å²) >= 11 is 5.94. The van der Waals surface area contributed by atoms with Crippen molar-refractivity contribution in [1.82, 2.24) is 5.43 Å². The molecular weight excluding hydrogens is 416 g/mol. The first-order valence-corrected chi connectivity index (χ1v) is 9.91. The van der Waals surface area contributed by atoms with E-state index in [1.54, 1.807) is 54.6 Å². The second-order valence-corrected chi connectivity index (χ2v) is 7.21. The van der Waals surface area contributed by atoms with Gasteiger partial charge in [-0.2, -0.15) is 0 Å². The molecule has 0 bridgehead atoms. The quantitative estimate of drug-likeness (QED) is 0.461. The number of nitrogens with zero attached hydrogens (tertiary/aromatic N) is 1. The van der Waals surface area contributed by atoms with Crippen LogP contribution in [0.5, 0.6) is 11.5 Å². The molecule has 3 aromatic rings. The number of ether oxygens (including phenoxy) is 2. The molecule has 31 heavy (non-hydrogen) atoms. The minimum absolute atomic E-state index is 0.00782. The zero-order valence-corrected chi connectivity index (χ0v) is 17.4. The van der Waals surface area contributed by atoms with Gasteiger partial charge in [-0.25, -0.2) is 5.01 Å². The average Bonchev–Trinajstić information content (AvgIpc) is 3.08. The van der Waals surface area contributed by atoms with Crippen molar-refractivity contribution in [3.8, 4) is 11.5 Å². The maximum atomic E-state index is 12.9. The van der Waals surface area contributed by atoms with E-state index in [2.05, 4.69) is 5.43 Å². The van der Waals surface area contributed by atoms with Gasteiger partial charge in [0.25, 0.3) is 11.8 Å². The van der Waals surface area contributed by atoms with E-state index in [0.717, 1.165) is 5.56 Å². The summed E-state index contributed by atoms with van der Waals surface area (Å²) in [7, 11) is 1.53. The third-order valence-electron chi connectivity index (χ3n) is 4.73. The Hall–Kier alpha value is -3.77. The Balaban J connectivity index is 1.64. The summed E-state index contributed by atoms with van der Waals surface area (Å²) in [4.78, 5) is 25.4. The topological polar surface area (TPSA) is 67.9 Å². The van der Waals surface area contributed by atoms with Gasteiger partial charge in [-0.15, -0.1) is 0 Å². The molecule has 0 aliphatic carbocycles. The molecule has 3 aromatic carbocycles. The largest absolute Gasteiger partial charge is 0.493 e. The number of amides is 2. The molecule has 1 aliphatic heterocycles. The van der Waals surface area contributed by atoms with Crippen LogP contribution in [0.3, 0.4) is 0 Å². The summed E-state index contributed by atoms with van der Waals surface area (Å²) in [6.07, 6.45) is 1.51. The van der Waals surface area contributed by atoms with Crippen LogP contribution in [0.1, 0.15) is 11.1 Å². The number of hydrogen-bond acceptors (Lipinski definition) is 4. The molecule has 1 N–H and O–H groups in total. The number of rotatable bonds is 6. The number of benzene rings is 3. The highest BCUT2D eigenvalue weighted by Gasteiger charge is 2.34. The monoisotopic (exact) mass is 434 g/mol. The van der Waals surface area contributed by atoms with Gasteiger partial charge in [0.05, 0.1) is 12.8 Å². The molecule has 0 radical (unpaired) electrons. The Labute approximate surface area is 184 Å². The molecule has 0 unspecified atom stereocenters. The fourth-order valence-electron chi connectivity index (χ4n) is 3.17. The van der Waals surface area contributed by atoms with E-state index in [9.17, 15) is 9.59 Å². The Morgan fingerprint density at radius 3 is 2.42 bits per heavy atom. The molecule has 1 aliphatic rings. The second-order valence-electron chi connectivity index (χ2n) is 6.77. The Morgan fingerprint density at radius 2 is 1.71 bits per heavy atom. The van der Waals surface area contributed by atoms with E-state index < -0.39 is 11.8 Å². The van der Waals surface area contributed by atoms with Crippen molar-refractivity contribution in [2.45, 2.75) is 6.61 Å². The van der Waals surface area contributed by atoms with E-state index >= 15 is 0 Å². The number of hydrogen-bond donors (Lipinski definition) is 1. The molecule has 2 amide bonds. The summed E-state index contributed by atoms with van der Waals surface area (Å²) in [5, 5.41) is 1.86. The minimum atomic E-state index is -0.486. The zero-order valence-electron chi connectivity index (χ0n) is 16.7. The highest BCUT2D eigenvalue weighted by molar-refractivity contribution is 6.31. The number of para-hydroxylation sites is 2. The predicted octanol–water partition coefficient (Wildman–Crippen LogP) is 4.39. The lowest BCUT2D eigenvalue weighted by Gasteiger charge is -2.14. The third kappa shape index (κ3) is 4.39. The maximum Gasteiger partial charge on any atom is 0.282 e. The van der Waals surface area contributed by atoms with Crippen LogP contribution < -0.4 is 19.9 Å². The van der Waals surface area contributed by atoms with Gasteiger partial charge in [0.1, 0.15) is 12.2 Å². The fourth-order valence-corrected chi connectivity index (χ4v) is 3.30. The van der Waals surface area contributed by atoms with Crippen molar-refractivity contribution < 1.29 is 19.1 Å². The summed E-state index contributed by atoms with van der Waals surface area (Å²) in [5.74, 6) is 0.00305. The van der Waals surface area contributed by atoms with E-state index in [-0.39, 0.29) is 12.2 Å². The molecule has 1 saturated heterocycles. The smallest absolute Gasteiger partial charge is 0.282 e. The van der Waals surface area contributed by atoms with Crippen LogP contribution in [0.25, 0.3) is 6.08 Å². The first-order chi connectivity index (χ1) is 15.1. The van der Waals surface area contributed by atoms with Gasteiger partial charge in [-0.1, -0.05) is 54.1 Å². The van der Waals surface area contributed by atoms with Gasteiger partial charge in [-0.3, -0.25) is 15.0 Å². The van der Waals surface area contributed by atoms with Gasteiger partial charge < -0.3 is 9.47 Å². The first kappa shape index (κ1) is 20.5. The van der Waals surface area contributed by atoms with Crippen LogP contribution in [-0.4, -0.2) is 18.9 Å². The van der Waals surface area contributed by atoms with Gasteiger partial charge in [0.2, 0.25) is 0 Å². The highest BCUT2D eigenvalue weighted by Crippen LogP contribution is 2.34. The van der Waals surface area contributed by atoms with Crippen molar-refractivity contribution in [2.75, 3.05) is 12.1 Å². The van der Waals surface area contributed by atoms with Crippen molar-refractivity contribution in [3.63, 3.8) is 0 Å². The molecule has 156 valence electrons. The van der Waals surface area contributed by atoms with E-state index in [1.165, 1.54) is 18.2 Å². The Morgan fingerprint density at radius 1 is 0.968 bits per heavy atom. The molecule has 7 heteroatoms. The third-order valence-corrected chi connectivity index (χ3v) is 4.98. The number of carbonyl (C=O) groups excluding carboxylic acids is 2. The second kappa shape index (κ2) is 8.93. The van der Waals surface area contributed by atoms with Gasteiger partial charge in [-0.05, 0) is 42.0 Å². The van der Waals surface area contributed by atoms with Crippen molar-refractivity contribution in [1.29, 1.82) is 0 Å². The normalized spacial score (nSPS) is 14.6. The molecule has 0 atom stereocenters. The molecule has 0 aromatic heterocycles. The Kier molecular flexibility index (Phi) is 5.91. The van der Waals surface area contributed by atoms with Crippen LogP contribution in [0, 0.1) is 0 Å². The number of halogens is 1. The van der Waals surface area contributed by atoms with Crippen LogP contribution in [0.2, 0.25) is 5.02 Å². The average molecular weight is 435 g/mol. The molecular formula is C24H19ClN2O4. The Bertz CT molecular complexity index is 1140. The number of nitrogens with one attached hydrogen (secondary N) is 1. The standard InChI is InChI=1S/C24H19ClN2O4/c1-30-21-9-5-6-17(22(21)31-15-16-10-12-18(25)13-11-16)14-20-23(28)26-27(24(20)29)19-7-3-2-4-8-19/h2-14H,15H2,1H3,(H,26,28)/b20-14-. The number of anilines is 1. The lowest BCUT2D eigenvalue weighted by Crippen LogP contribution is -2.35. The van der Waals surface area contributed by atoms with E-state index in [4.69, 9.17) is 21.1 Å². The fraction of sp³-hybridized carbons (Fsp3) is 0.0833.